The quantitative estimate of drug-likeness (QED) is 0.601. The minimum atomic E-state index is -3.59. The van der Waals surface area contributed by atoms with Crippen molar-refractivity contribution in [1.29, 1.82) is 0 Å². The van der Waals surface area contributed by atoms with E-state index < -0.39 is 10.0 Å². The molecule has 0 saturated carbocycles. The van der Waals surface area contributed by atoms with Gasteiger partial charge >= 0.3 is 0 Å². The van der Waals surface area contributed by atoms with Crippen LogP contribution >= 0.6 is 11.3 Å². The van der Waals surface area contributed by atoms with Crippen LogP contribution in [0.5, 0.6) is 0 Å². The first-order valence-electron chi connectivity index (χ1n) is 10.5. The van der Waals surface area contributed by atoms with Crippen LogP contribution in [0.1, 0.15) is 50.3 Å². The zero-order valence-electron chi connectivity index (χ0n) is 18.3. The van der Waals surface area contributed by atoms with E-state index >= 15 is 0 Å². The highest BCUT2D eigenvalue weighted by molar-refractivity contribution is 7.89. The number of nitrogens with zero attached hydrogens (tertiary/aromatic N) is 3. The molecule has 0 aliphatic carbocycles. The zero-order chi connectivity index (χ0) is 22.9. The summed E-state index contributed by atoms with van der Waals surface area (Å²) in [5, 5.41) is 12.1. The summed E-state index contributed by atoms with van der Waals surface area (Å²) in [6.07, 6.45) is 1.55. The number of nitrogens with one attached hydrogen (secondary N) is 1. The van der Waals surface area contributed by atoms with Crippen molar-refractivity contribution in [1.82, 2.24) is 14.5 Å². The van der Waals surface area contributed by atoms with Gasteiger partial charge in [-0.05, 0) is 68.5 Å². The van der Waals surface area contributed by atoms with Gasteiger partial charge < -0.3 is 5.32 Å². The molecule has 2 heterocycles. The molecule has 1 amide bonds. The lowest BCUT2D eigenvalue weighted by Gasteiger charge is -2.30. The predicted molar refractivity (Wildman–Crippen MR) is 126 cm³/mol. The molecule has 32 heavy (non-hydrogen) atoms. The maximum Gasteiger partial charge on any atom is 0.286 e. The number of aromatic nitrogens is 2. The number of para-hydroxylation sites is 1. The summed E-state index contributed by atoms with van der Waals surface area (Å²) in [7, 11) is -3.59. The van der Waals surface area contributed by atoms with Gasteiger partial charge in [-0.1, -0.05) is 35.6 Å². The van der Waals surface area contributed by atoms with Crippen LogP contribution in [0.15, 0.2) is 47.4 Å². The number of carbonyl (C=O) groups is 1. The molecule has 0 unspecified atom stereocenters. The fourth-order valence-electron chi connectivity index (χ4n) is 3.97. The summed E-state index contributed by atoms with van der Waals surface area (Å²) in [6, 6.07) is 12.9. The molecule has 9 heteroatoms. The molecule has 1 atom stereocenters. The molecule has 1 fully saturated rings. The Bertz CT molecular complexity index is 1230. The van der Waals surface area contributed by atoms with Gasteiger partial charge in [0.15, 0.2) is 0 Å². The molecule has 2 aromatic carbocycles. The molecule has 168 valence electrons. The Balaban J connectivity index is 1.50. The first-order chi connectivity index (χ1) is 15.2. The number of amides is 1. The van der Waals surface area contributed by atoms with Crippen molar-refractivity contribution >= 4 is 33.0 Å². The van der Waals surface area contributed by atoms with Crippen LogP contribution in [0, 0.1) is 20.8 Å². The highest BCUT2D eigenvalue weighted by Gasteiger charge is 2.33. The monoisotopic (exact) mass is 470 g/mol. The van der Waals surface area contributed by atoms with E-state index in [0.29, 0.717) is 23.0 Å². The van der Waals surface area contributed by atoms with E-state index in [1.54, 1.807) is 12.1 Å². The van der Waals surface area contributed by atoms with E-state index in [2.05, 4.69) is 15.5 Å². The van der Waals surface area contributed by atoms with Gasteiger partial charge in [0.05, 0.1) is 4.90 Å². The van der Waals surface area contributed by atoms with E-state index in [-0.39, 0.29) is 16.8 Å². The minimum Gasteiger partial charge on any atom is -0.320 e. The second-order valence-corrected chi connectivity index (χ2v) is 11.2. The van der Waals surface area contributed by atoms with E-state index in [1.165, 1.54) is 15.6 Å². The van der Waals surface area contributed by atoms with Crippen LogP contribution in [0.3, 0.4) is 0 Å². The molecular formula is C23H26N4O3S2. The SMILES string of the molecule is Cc1cc(C)cc(S(=O)(=O)N2CCC[C@@H](c3nnc(C(=O)Nc4ccccc4C)s3)C2)c1. The van der Waals surface area contributed by atoms with Crippen molar-refractivity contribution in [2.75, 3.05) is 18.4 Å². The number of hydrogen-bond donors (Lipinski definition) is 1. The van der Waals surface area contributed by atoms with Gasteiger partial charge in [0.2, 0.25) is 15.0 Å². The highest BCUT2D eigenvalue weighted by Crippen LogP contribution is 2.32. The smallest absolute Gasteiger partial charge is 0.286 e. The van der Waals surface area contributed by atoms with Crippen LogP contribution in [-0.4, -0.2) is 41.9 Å². The van der Waals surface area contributed by atoms with Gasteiger partial charge in [-0.2, -0.15) is 4.31 Å². The lowest BCUT2D eigenvalue weighted by Crippen LogP contribution is -2.39. The van der Waals surface area contributed by atoms with Gasteiger partial charge in [-0.25, -0.2) is 8.42 Å². The predicted octanol–water partition coefficient (Wildman–Crippen LogP) is 4.28. The van der Waals surface area contributed by atoms with Crippen molar-refractivity contribution in [3.63, 3.8) is 0 Å². The maximum absolute atomic E-state index is 13.2. The third kappa shape index (κ3) is 4.74. The highest BCUT2D eigenvalue weighted by atomic mass is 32.2. The third-order valence-corrected chi connectivity index (χ3v) is 8.52. The molecular weight excluding hydrogens is 444 g/mol. The average molecular weight is 471 g/mol. The van der Waals surface area contributed by atoms with E-state index in [4.69, 9.17) is 0 Å². The van der Waals surface area contributed by atoms with Gasteiger partial charge in [0.25, 0.3) is 5.91 Å². The second kappa shape index (κ2) is 9.09. The third-order valence-electron chi connectivity index (χ3n) is 5.59. The maximum atomic E-state index is 13.2. The Hall–Kier alpha value is -2.62. The Morgan fingerprint density at radius 2 is 1.81 bits per heavy atom. The summed E-state index contributed by atoms with van der Waals surface area (Å²) in [5.74, 6) is -0.388. The van der Waals surface area contributed by atoms with Crippen molar-refractivity contribution in [3.8, 4) is 0 Å². The van der Waals surface area contributed by atoms with Gasteiger partial charge in [0, 0.05) is 24.7 Å². The van der Waals surface area contributed by atoms with Crippen LogP contribution in [0.4, 0.5) is 5.69 Å². The molecule has 7 nitrogen and oxygen atoms in total. The lowest BCUT2D eigenvalue weighted by molar-refractivity contribution is 0.102. The van der Waals surface area contributed by atoms with Crippen LogP contribution in [0.25, 0.3) is 0 Å². The Morgan fingerprint density at radius 1 is 1.09 bits per heavy atom. The largest absolute Gasteiger partial charge is 0.320 e. The molecule has 1 N–H and O–H groups in total. The van der Waals surface area contributed by atoms with Gasteiger partial charge in [-0.15, -0.1) is 10.2 Å². The fraction of sp³-hybridized carbons (Fsp3) is 0.348. The van der Waals surface area contributed by atoms with E-state index in [9.17, 15) is 13.2 Å². The number of carbonyl (C=O) groups excluding carboxylic acids is 1. The minimum absolute atomic E-state index is 0.0815. The van der Waals surface area contributed by atoms with Crippen molar-refractivity contribution in [2.45, 2.75) is 44.4 Å². The van der Waals surface area contributed by atoms with Crippen molar-refractivity contribution in [3.05, 3.63) is 69.2 Å². The molecule has 4 rings (SSSR count). The Kier molecular flexibility index (Phi) is 6.41. The van der Waals surface area contributed by atoms with E-state index in [1.807, 2.05) is 51.1 Å². The number of piperidine rings is 1. The fourth-order valence-corrected chi connectivity index (χ4v) is 6.55. The number of rotatable bonds is 5. The molecule has 0 bridgehead atoms. The number of benzene rings is 2. The number of anilines is 1. The summed E-state index contributed by atoms with van der Waals surface area (Å²) >= 11 is 1.23. The number of sulfonamides is 1. The summed E-state index contributed by atoms with van der Waals surface area (Å²) in [5.41, 5.74) is 3.54. The molecule has 1 aliphatic rings. The standard InChI is InChI=1S/C23H26N4O3S2/c1-15-11-16(2)13-19(12-15)32(29,30)27-10-6-8-18(14-27)22-25-26-23(31-22)21(28)24-20-9-5-4-7-17(20)3/h4-5,7,9,11-13,18H,6,8,10,14H2,1-3H3,(H,24,28)/t18-/m1/s1. The lowest BCUT2D eigenvalue weighted by atomic mass is 10.0. The van der Waals surface area contributed by atoms with E-state index in [0.717, 1.165) is 35.2 Å². The number of aryl methyl sites for hydroxylation is 3. The summed E-state index contributed by atoms with van der Waals surface area (Å²) in [6.45, 7) is 6.54. The second-order valence-electron chi connectivity index (χ2n) is 8.24. The first-order valence-corrected chi connectivity index (χ1v) is 12.8. The van der Waals surface area contributed by atoms with Crippen molar-refractivity contribution in [2.24, 2.45) is 0 Å². The Labute approximate surface area is 192 Å². The van der Waals surface area contributed by atoms with Crippen LogP contribution < -0.4 is 5.32 Å². The molecule has 3 aromatic rings. The summed E-state index contributed by atoms with van der Waals surface area (Å²) < 4.78 is 28.0. The van der Waals surface area contributed by atoms with Crippen LogP contribution in [-0.2, 0) is 10.0 Å². The van der Waals surface area contributed by atoms with Crippen LogP contribution in [0.2, 0.25) is 0 Å². The molecule has 1 saturated heterocycles. The first kappa shape index (κ1) is 22.6. The van der Waals surface area contributed by atoms with Crippen molar-refractivity contribution < 1.29 is 13.2 Å². The van der Waals surface area contributed by atoms with Gasteiger partial charge in [0.1, 0.15) is 5.01 Å². The molecule has 0 radical (unpaired) electrons. The normalized spacial score (nSPS) is 17.3. The summed E-state index contributed by atoms with van der Waals surface area (Å²) in [4.78, 5) is 13.0. The molecule has 1 aliphatic heterocycles. The topological polar surface area (TPSA) is 92.3 Å². The Morgan fingerprint density at radius 3 is 2.53 bits per heavy atom. The number of hydrogen-bond acceptors (Lipinski definition) is 6. The zero-order valence-corrected chi connectivity index (χ0v) is 20.0. The molecule has 0 spiro atoms. The van der Waals surface area contributed by atoms with Gasteiger partial charge in [-0.3, -0.25) is 4.79 Å². The average Bonchev–Trinajstić information content (AvgIpc) is 3.25. The molecule has 1 aromatic heterocycles.